The van der Waals surface area contributed by atoms with Crippen molar-refractivity contribution in [3.8, 4) is 0 Å². The number of rotatable bonds is 5. The first-order chi connectivity index (χ1) is 7.63. The van der Waals surface area contributed by atoms with Gasteiger partial charge in [0, 0.05) is 11.4 Å². The van der Waals surface area contributed by atoms with Crippen LogP contribution in [0.15, 0.2) is 35.7 Å². The van der Waals surface area contributed by atoms with Gasteiger partial charge < -0.3 is 11.1 Å². The van der Waals surface area contributed by atoms with Gasteiger partial charge in [0.2, 0.25) is 5.91 Å². The average molecular weight is 240 g/mol. The van der Waals surface area contributed by atoms with Crippen molar-refractivity contribution in [3.05, 3.63) is 36.7 Å². The summed E-state index contributed by atoms with van der Waals surface area (Å²) in [6.07, 6.45) is 1.60. The molecule has 0 aromatic heterocycles. The van der Waals surface area contributed by atoms with Crippen LogP contribution in [0, 0.1) is 5.82 Å². The second-order valence-electron chi connectivity index (χ2n) is 3.06. The van der Waals surface area contributed by atoms with E-state index in [-0.39, 0.29) is 17.3 Å². The number of nitrogen functional groups attached to an aromatic ring is 1. The molecule has 3 N–H and O–H groups in total. The third-order valence-electron chi connectivity index (χ3n) is 1.79. The van der Waals surface area contributed by atoms with E-state index in [1.807, 2.05) is 0 Å². The zero-order chi connectivity index (χ0) is 12.0. The third kappa shape index (κ3) is 3.94. The molecule has 0 radical (unpaired) electrons. The van der Waals surface area contributed by atoms with Crippen LogP contribution in [0.3, 0.4) is 0 Å². The van der Waals surface area contributed by atoms with Crippen LogP contribution in [0.1, 0.15) is 0 Å². The molecule has 0 aliphatic carbocycles. The third-order valence-corrected chi connectivity index (χ3v) is 2.78. The van der Waals surface area contributed by atoms with E-state index < -0.39 is 5.82 Å². The number of carbonyl (C=O) groups excluding carboxylic acids is 1. The molecule has 1 amide bonds. The highest BCUT2D eigenvalue weighted by atomic mass is 32.2. The Balaban J connectivity index is 2.45. The van der Waals surface area contributed by atoms with Crippen molar-refractivity contribution >= 4 is 23.4 Å². The van der Waals surface area contributed by atoms with E-state index in [4.69, 9.17) is 5.73 Å². The summed E-state index contributed by atoms with van der Waals surface area (Å²) in [5, 5.41) is 2.63. The van der Waals surface area contributed by atoms with Gasteiger partial charge in [-0.2, -0.15) is 0 Å². The first-order valence-electron chi connectivity index (χ1n) is 4.69. The molecule has 1 aromatic carbocycles. The summed E-state index contributed by atoms with van der Waals surface area (Å²) in [6.45, 7) is 3.93. The summed E-state index contributed by atoms with van der Waals surface area (Å²) in [7, 11) is 0. The van der Waals surface area contributed by atoms with Gasteiger partial charge in [0.05, 0.1) is 11.4 Å². The van der Waals surface area contributed by atoms with Crippen LogP contribution < -0.4 is 11.1 Å². The molecule has 1 rings (SSSR count). The number of hydrogen-bond donors (Lipinski definition) is 2. The molecular weight excluding hydrogens is 227 g/mol. The van der Waals surface area contributed by atoms with Gasteiger partial charge in [-0.25, -0.2) is 4.39 Å². The quantitative estimate of drug-likeness (QED) is 0.469. The van der Waals surface area contributed by atoms with E-state index in [2.05, 4.69) is 11.9 Å². The molecule has 0 aliphatic heterocycles. The minimum Gasteiger partial charge on any atom is -0.396 e. The van der Waals surface area contributed by atoms with Gasteiger partial charge in [0.15, 0.2) is 0 Å². The first-order valence-corrected chi connectivity index (χ1v) is 5.67. The Morgan fingerprint density at radius 3 is 3.00 bits per heavy atom. The van der Waals surface area contributed by atoms with E-state index in [1.54, 1.807) is 12.1 Å². The zero-order valence-corrected chi connectivity index (χ0v) is 9.52. The van der Waals surface area contributed by atoms with Crippen LogP contribution in [0.25, 0.3) is 0 Å². The Kier molecular flexibility index (Phi) is 4.85. The molecule has 0 fully saturated rings. The highest BCUT2D eigenvalue weighted by molar-refractivity contribution is 8.00. The summed E-state index contributed by atoms with van der Waals surface area (Å²) in [6, 6.07) is 4.49. The van der Waals surface area contributed by atoms with Crippen molar-refractivity contribution in [2.45, 2.75) is 4.90 Å². The van der Waals surface area contributed by atoms with E-state index in [9.17, 15) is 9.18 Å². The van der Waals surface area contributed by atoms with Gasteiger partial charge in [0.25, 0.3) is 0 Å². The molecule has 86 valence electrons. The minimum atomic E-state index is -0.462. The fourth-order valence-electron chi connectivity index (χ4n) is 0.984. The Labute approximate surface area is 97.9 Å². The summed E-state index contributed by atoms with van der Waals surface area (Å²) < 4.78 is 13.1. The second kappa shape index (κ2) is 6.17. The summed E-state index contributed by atoms with van der Waals surface area (Å²) >= 11 is 1.26. The number of amides is 1. The number of nitrogens with two attached hydrogens (primary N) is 1. The van der Waals surface area contributed by atoms with E-state index in [0.717, 1.165) is 0 Å². The lowest BCUT2D eigenvalue weighted by Gasteiger charge is -2.03. The molecule has 0 aliphatic rings. The van der Waals surface area contributed by atoms with Crippen molar-refractivity contribution in [3.63, 3.8) is 0 Å². The molecule has 0 unspecified atom stereocenters. The van der Waals surface area contributed by atoms with Crippen LogP contribution in [0.4, 0.5) is 10.1 Å². The highest BCUT2D eigenvalue weighted by Crippen LogP contribution is 2.21. The van der Waals surface area contributed by atoms with Gasteiger partial charge in [-0.15, -0.1) is 18.3 Å². The molecule has 0 bridgehead atoms. The first kappa shape index (κ1) is 12.6. The molecule has 16 heavy (non-hydrogen) atoms. The molecule has 3 nitrogen and oxygen atoms in total. The average Bonchev–Trinajstić information content (AvgIpc) is 2.28. The Bertz CT molecular complexity index is 396. The molecule has 1 aromatic rings. The Morgan fingerprint density at radius 2 is 2.38 bits per heavy atom. The lowest BCUT2D eigenvalue weighted by Crippen LogP contribution is -2.24. The molecule has 0 atom stereocenters. The topological polar surface area (TPSA) is 55.1 Å². The highest BCUT2D eigenvalue weighted by Gasteiger charge is 2.04. The molecule has 0 spiro atoms. The molecular formula is C11H13FN2OS. The van der Waals surface area contributed by atoms with E-state index >= 15 is 0 Å². The second-order valence-corrected chi connectivity index (χ2v) is 4.11. The van der Waals surface area contributed by atoms with Crippen LogP contribution in [0.5, 0.6) is 0 Å². The largest absolute Gasteiger partial charge is 0.396 e. The van der Waals surface area contributed by atoms with Crippen molar-refractivity contribution < 1.29 is 9.18 Å². The predicted octanol–water partition coefficient (Wildman–Crippen LogP) is 1.80. The van der Waals surface area contributed by atoms with Gasteiger partial charge in [0.1, 0.15) is 5.82 Å². The summed E-state index contributed by atoms with van der Waals surface area (Å²) in [4.78, 5) is 11.9. The normalized spacial score (nSPS) is 9.81. The standard InChI is InChI=1S/C11H13FN2OS/c1-2-5-14-11(15)7-16-8-3-4-10(13)9(12)6-8/h2-4,6H,1,5,7,13H2,(H,14,15). The monoisotopic (exact) mass is 240 g/mol. The minimum absolute atomic E-state index is 0.109. The van der Waals surface area contributed by atoms with Crippen molar-refractivity contribution in [1.82, 2.24) is 5.32 Å². The zero-order valence-electron chi connectivity index (χ0n) is 8.70. The van der Waals surface area contributed by atoms with Crippen LogP contribution in [-0.4, -0.2) is 18.2 Å². The summed E-state index contributed by atoms with van der Waals surface area (Å²) in [5.41, 5.74) is 5.45. The van der Waals surface area contributed by atoms with Crippen molar-refractivity contribution in [1.29, 1.82) is 0 Å². The van der Waals surface area contributed by atoms with Crippen LogP contribution in [0.2, 0.25) is 0 Å². The maximum atomic E-state index is 13.1. The summed E-state index contributed by atoms with van der Waals surface area (Å²) in [5.74, 6) is -0.323. The smallest absolute Gasteiger partial charge is 0.230 e. The van der Waals surface area contributed by atoms with Gasteiger partial charge in [-0.05, 0) is 18.2 Å². The molecule has 0 saturated carbocycles. The maximum Gasteiger partial charge on any atom is 0.230 e. The van der Waals surface area contributed by atoms with Crippen molar-refractivity contribution in [2.24, 2.45) is 0 Å². The Hall–Kier alpha value is -1.49. The molecule has 0 heterocycles. The number of carbonyl (C=O) groups is 1. The molecule has 0 saturated heterocycles. The fourth-order valence-corrected chi connectivity index (χ4v) is 1.73. The molecule has 5 heteroatoms. The van der Waals surface area contributed by atoms with Gasteiger partial charge in [-0.1, -0.05) is 6.08 Å². The van der Waals surface area contributed by atoms with Gasteiger partial charge >= 0.3 is 0 Å². The maximum absolute atomic E-state index is 13.1. The van der Waals surface area contributed by atoms with Crippen LogP contribution in [-0.2, 0) is 4.79 Å². The Morgan fingerprint density at radius 1 is 1.62 bits per heavy atom. The van der Waals surface area contributed by atoms with E-state index in [1.165, 1.54) is 23.9 Å². The predicted molar refractivity (Wildman–Crippen MR) is 64.7 cm³/mol. The van der Waals surface area contributed by atoms with Crippen molar-refractivity contribution in [2.75, 3.05) is 18.0 Å². The number of anilines is 1. The van der Waals surface area contributed by atoms with E-state index in [0.29, 0.717) is 11.4 Å². The number of nitrogens with one attached hydrogen (secondary N) is 1. The number of hydrogen-bond acceptors (Lipinski definition) is 3. The SMILES string of the molecule is C=CCNC(=O)CSc1ccc(N)c(F)c1. The lowest BCUT2D eigenvalue weighted by molar-refractivity contribution is -0.118. The fraction of sp³-hybridized carbons (Fsp3) is 0.182. The lowest BCUT2D eigenvalue weighted by atomic mass is 10.3. The number of benzene rings is 1. The number of thioether (sulfide) groups is 1. The van der Waals surface area contributed by atoms with Crippen LogP contribution >= 0.6 is 11.8 Å². The van der Waals surface area contributed by atoms with Gasteiger partial charge in [-0.3, -0.25) is 4.79 Å². The number of halogens is 1.